The van der Waals surface area contributed by atoms with Crippen molar-refractivity contribution in [2.75, 3.05) is 7.05 Å². The lowest BCUT2D eigenvalue weighted by atomic mass is 9.51. The molecule has 2 rings (SSSR count). The number of nitrogens with zero attached hydrogens (tertiary/aromatic N) is 1. The van der Waals surface area contributed by atoms with Crippen LogP contribution in [-0.2, 0) is 0 Å². The first kappa shape index (κ1) is 11.1. The second kappa shape index (κ2) is 4.21. The van der Waals surface area contributed by atoms with Crippen LogP contribution in [0.1, 0.15) is 16.7 Å². The minimum Gasteiger partial charge on any atom is -0.416 e. The number of hydrogen-bond donors (Lipinski definition) is 0. The topological polar surface area (TPSA) is 3.24 Å². The lowest BCUT2D eigenvalue weighted by Gasteiger charge is -2.26. The fourth-order valence-corrected chi connectivity index (χ4v) is 2.54. The van der Waals surface area contributed by atoms with Crippen LogP contribution in [0.5, 0.6) is 0 Å². The van der Waals surface area contributed by atoms with Crippen LogP contribution in [0, 0.1) is 20.8 Å². The lowest BCUT2D eigenvalue weighted by molar-refractivity contribution is 0.721. The van der Waals surface area contributed by atoms with Crippen molar-refractivity contribution in [3.05, 3.63) is 53.2 Å². The van der Waals surface area contributed by atoms with Gasteiger partial charge in [0, 0.05) is 0 Å². The predicted molar refractivity (Wildman–Crippen MR) is 72.1 cm³/mol. The van der Waals surface area contributed by atoms with Crippen LogP contribution in [0.25, 0.3) is 0 Å². The Morgan fingerprint density at radius 2 is 1.62 bits per heavy atom. The zero-order valence-electron chi connectivity index (χ0n) is 10.5. The molecule has 0 saturated carbocycles. The maximum atomic E-state index is 2.27. The summed E-state index contributed by atoms with van der Waals surface area (Å²) in [5.41, 5.74) is 5.55. The third-order valence-corrected chi connectivity index (χ3v) is 3.20. The van der Waals surface area contributed by atoms with E-state index in [1.165, 1.54) is 22.2 Å². The van der Waals surface area contributed by atoms with Gasteiger partial charge in [0.1, 0.15) is 0 Å². The van der Waals surface area contributed by atoms with E-state index < -0.39 is 0 Å². The molecule has 0 bridgehead atoms. The van der Waals surface area contributed by atoms with Crippen LogP contribution in [0.3, 0.4) is 0 Å². The van der Waals surface area contributed by atoms with Gasteiger partial charge in [-0.1, -0.05) is 40.9 Å². The first-order valence-corrected chi connectivity index (χ1v) is 5.74. The van der Waals surface area contributed by atoms with E-state index >= 15 is 0 Å². The van der Waals surface area contributed by atoms with Gasteiger partial charge in [-0.25, -0.2) is 0 Å². The van der Waals surface area contributed by atoms with Gasteiger partial charge in [-0.3, -0.25) is 0 Å². The van der Waals surface area contributed by atoms with Gasteiger partial charge in [-0.2, -0.15) is 0 Å². The van der Waals surface area contributed by atoms with E-state index in [0.717, 1.165) is 0 Å². The molecule has 0 aliphatic carbocycles. The molecule has 1 heterocycles. The van der Waals surface area contributed by atoms with E-state index in [2.05, 4.69) is 69.1 Å². The molecule has 16 heavy (non-hydrogen) atoms. The first-order chi connectivity index (χ1) is 7.59. The molecule has 1 aliphatic rings. The molecule has 0 amide bonds. The minimum atomic E-state index is 0.380. The number of aryl methyl sites for hydroxylation is 3. The van der Waals surface area contributed by atoms with Crippen molar-refractivity contribution < 1.29 is 0 Å². The van der Waals surface area contributed by atoms with Gasteiger partial charge in [0.2, 0.25) is 0 Å². The zero-order valence-corrected chi connectivity index (χ0v) is 10.5. The van der Waals surface area contributed by atoms with E-state index in [0.29, 0.717) is 6.85 Å². The Hall–Kier alpha value is -1.44. The van der Waals surface area contributed by atoms with Crippen molar-refractivity contribution in [3.8, 4) is 0 Å². The summed E-state index contributed by atoms with van der Waals surface area (Å²) in [7, 11) is 2.13. The fraction of sp³-hybridized carbons (Fsp3) is 0.286. The average molecular weight is 211 g/mol. The van der Waals surface area contributed by atoms with Crippen molar-refractivity contribution >= 4 is 12.3 Å². The summed E-state index contributed by atoms with van der Waals surface area (Å²) < 4.78 is 0. The summed E-state index contributed by atoms with van der Waals surface area (Å²) in [6, 6.07) is 4.53. The molecule has 0 spiro atoms. The summed E-state index contributed by atoms with van der Waals surface area (Å²) in [5.74, 6) is 2.25. The summed E-state index contributed by atoms with van der Waals surface area (Å²) in [4.78, 5) is 2.25. The van der Waals surface area contributed by atoms with Gasteiger partial charge in [0.15, 0.2) is 0 Å². The van der Waals surface area contributed by atoms with E-state index in [4.69, 9.17) is 0 Å². The molecular formula is C14H18BN. The predicted octanol–water partition coefficient (Wildman–Crippen LogP) is 2.36. The van der Waals surface area contributed by atoms with Gasteiger partial charge in [-0.05, 0) is 45.6 Å². The molecule has 1 aliphatic heterocycles. The summed E-state index contributed by atoms with van der Waals surface area (Å²) >= 11 is 0. The molecule has 0 N–H and O–H groups in total. The maximum Gasteiger partial charge on any atom is 0.315 e. The number of benzene rings is 1. The molecule has 0 radical (unpaired) electrons. The summed E-state index contributed by atoms with van der Waals surface area (Å²) in [6.07, 6.45) is 6.34. The molecule has 1 nitrogen and oxygen atoms in total. The van der Waals surface area contributed by atoms with Gasteiger partial charge >= 0.3 is 6.85 Å². The minimum absolute atomic E-state index is 0.380. The molecule has 2 heteroatoms. The quantitative estimate of drug-likeness (QED) is 0.644. The van der Waals surface area contributed by atoms with E-state index in [1.54, 1.807) is 0 Å². The van der Waals surface area contributed by atoms with Crippen LogP contribution in [0.15, 0.2) is 36.5 Å². The third-order valence-electron chi connectivity index (χ3n) is 3.20. The highest BCUT2D eigenvalue weighted by molar-refractivity contribution is 6.76. The van der Waals surface area contributed by atoms with Crippen LogP contribution in [0.4, 0.5) is 0 Å². The average Bonchev–Trinajstić information content (AvgIpc) is 2.19. The van der Waals surface area contributed by atoms with E-state index in [1.807, 2.05) is 0 Å². The Balaban J connectivity index is 2.48. The van der Waals surface area contributed by atoms with Crippen molar-refractivity contribution in [2.24, 2.45) is 0 Å². The second-order valence-corrected chi connectivity index (χ2v) is 4.65. The highest BCUT2D eigenvalue weighted by atomic mass is 15.0. The zero-order chi connectivity index (χ0) is 11.7. The molecule has 0 aromatic heterocycles. The Labute approximate surface area is 98.6 Å². The molecule has 82 valence electrons. The first-order valence-electron chi connectivity index (χ1n) is 5.74. The van der Waals surface area contributed by atoms with Gasteiger partial charge < -0.3 is 4.81 Å². The molecule has 0 unspecified atom stereocenters. The largest absolute Gasteiger partial charge is 0.416 e. The molecule has 0 fully saturated rings. The number of allylic oxidation sites excluding steroid dienone is 2. The third kappa shape index (κ3) is 1.92. The second-order valence-electron chi connectivity index (χ2n) is 4.65. The van der Waals surface area contributed by atoms with Crippen LogP contribution in [-0.4, -0.2) is 18.7 Å². The van der Waals surface area contributed by atoms with Gasteiger partial charge in [-0.15, -0.1) is 0 Å². The van der Waals surface area contributed by atoms with Crippen molar-refractivity contribution in [1.82, 2.24) is 4.81 Å². The summed E-state index contributed by atoms with van der Waals surface area (Å²) in [5, 5.41) is 0. The van der Waals surface area contributed by atoms with Gasteiger partial charge in [0.25, 0.3) is 0 Å². The van der Waals surface area contributed by atoms with E-state index in [9.17, 15) is 0 Å². The highest BCUT2D eigenvalue weighted by Crippen LogP contribution is 2.11. The molecule has 1 aromatic carbocycles. The molecule has 0 saturated heterocycles. The lowest BCUT2D eigenvalue weighted by Crippen LogP contribution is -2.45. The van der Waals surface area contributed by atoms with E-state index in [-0.39, 0.29) is 0 Å². The maximum absolute atomic E-state index is 2.27. The molecule has 1 aromatic rings. The Morgan fingerprint density at radius 1 is 1.00 bits per heavy atom. The fourth-order valence-electron chi connectivity index (χ4n) is 2.54. The Kier molecular flexibility index (Phi) is 2.91. The number of rotatable bonds is 1. The SMILES string of the molecule is Cc1cc(C)c(B2C=CC=CN2C)c(C)c1. The highest BCUT2D eigenvalue weighted by Gasteiger charge is 2.22. The normalized spacial score (nSPS) is 14.8. The molecular weight excluding hydrogens is 193 g/mol. The number of hydrogen-bond acceptors (Lipinski definition) is 1. The standard InChI is InChI=1S/C14H18BN/c1-11-9-12(2)14(13(3)10-11)15-7-5-6-8-16(15)4/h5-10H,1-4H3. The Morgan fingerprint density at radius 3 is 2.19 bits per heavy atom. The van der Waals surface area contributed by atoms with Crippen molar-refractivity contribution in [2.45, 2.75) is 20.8 Å². The van der Waals surface area contributed by atoms with Gasteiger partial charge in [0.05, 0.1) is 0 Å². The molecule has 0 atom stereocenters. The Bertz CT molecular complexity index is 437. The van der Waals surface area contributed by atoms with Crippen LogP contribution >= 0.6 is 0 Å². The summed E-state index contributed by atoms with van der Waals surface area (Å²) in [6.45, 7) is 6.94. The smallest absolute Gasteiger partial charge is 0.315 e. The monoisotopic (exact) mass is 211 g/mol. The van der Waals surface area contributed by atoms with Crippen molar-refractivity contribution in [3.63, 3.8) is 0 Å². The van der Waals surface area contributed by atoms with Crippen molar-refractivity contribution in [1.29, 1.82) is 0 Å². The van der Waals surface area contributed by atoms with Crippen LogP contribution in [0.2, 0.25) is 0 Å². The van der Waals surface area contributed by atoms with Crippen LogP contribution < -0.4 is 5.46 Å².